The minimum Gasteiger partial charge on any atom is -0.478 e. The normalized spacial score (nSPS) is 10.0. The highest BCUT2D eigenvalue weighted by Gasteiger charge is 2.14. The third kappa shape index (κ3) is 2.63. The number of carbonyl (C=O) groups is 1. The van der Waals surface area contributed by atoms with Gasteiger partial charge in [0.2, 0.25) is 0 Å². The molecule has 5 heteroatoms. The first kappa shape index (κ1) is 13.7. The number of rotatable bonds is 2. The molecule has 1 aromatic carbocycles. The van der Waals surface area contributed by atoms with Crippen molar-refractivity contribution < 1.29 is 9.90 Å². The molecule has 0 amide bonds. The van der Waals surface area contributed by atoms with Gasteiger partial charge in [-0.3, -0.25) is 4.68 Å². The van der Waals surface area contributed by atoms with E-state index >= 15 is 0 Å². The summed E-state index contributed by atoms with van der Waals surface area (Å²) in [6.07, 6.45) is 7.08. The molecule has 2 heterocycles. The lowest BCUT2D eigenvalue weighted by atomic mass is 10.1. The van der Waals surface area contributed by atoms with Gasteiger partial charge in [-0.25, -0.2) is 4.79 Å². The van der Waals surface area contributed by atoms with Gasteiger partial charge in [0, 0.05) is 31.2 Å². The first-order chi connectivity index (χ1) is 10.6. The Morgan fingerprint density at radius 1 is 1.18 bits per heavy atom. The molecule has 0 saturated carbocycles. The molecule has 0 aliphatic rings. The lowest BCUT2D eigenvalue weighted by Gasteiger charge is -2.10. The van der Waals surface area contributed by atoms with Gasteiger partial charge in [-0.2, -0.15) is 5.10 Å². The van der Waals surface area contributed by atoms with Crippen LogP contribution in [-0.2, 0) is 7.05 Å². The maximum Gasteiger partial charge on any atom is 0.337 e. The number of hydrogen-bond donors (Lipinski definition) is 1. The van der Waals surface area contributed by atoms with Crippen LogP contribution < -0.4 is 0 Å². The number of aromatic carboxylic acids is 1. The van der Waals surface area contributed by atoms with Crippen molar-refractivity contribution in [1.29, 1.82) is 0 Å². The van der Waals surface area contributed by atoms with E-state index in [1.54, 1.807) is 40.0 Å². The van der Waals surface area contributed by atoms with Crippen LogP contribution >= 0.6 is 0 Å². The van der Waals surface area contributed by atoms with Gasteiger partial charge in [-0.05, 0) is 24.3 Å². The average molecular weight is 291 g/mol. The van der Waals surface area contributed by atoms with E-state index in [-0.39, 0.29) is 5.56 Å². The first-order valence-corrected chi connectivity index (χ1v) is 6.65. The van der Waals surface area contributed by atoms with Crippen molar-refractivity contribution in [2.45, 2.75) is 0 Å². The summed E-state index contributed by atoms with van der Waals surface area (Å²) in [4.78, 5) is 11.5. The van der Waals surface area contributed by atoms with Crippen molar-refractivity contribution >= 4 is 5.97 Å². The largest absolute Gasteiger partial charge is 0.478 e. The summed E-state index contributed by atoms with van der Waals surface area (Å²) >= 11 is 0. The average Bonchev–Trinajstić information content (AvgIpc) is 3.16. The second kappa shape index (κ2) is 5.62. The highest BCUT2D eigenvalue weighted by atomic mass is 16.4. The Labute approximate surface area is 127 Å². The van der Waals surface area contributed by atoms with Crippen molar-refractivity contribution in [3.63, 3.8) is 0 Å². The van der Waals surface area contributed by atoms with Gasteiger partial charge in [0.1, 0.15) is 0 Å². The monoisotopic (exact) mass is 291 g/mol. The van der Waals surface area contributed by atoms with E-state index in [4.69, 9.17) is 0 Å². The number of hydrogen-bond acceptors (Lipinski definition) is 2. The zero-order valence-corrected chi connectivity index (χ0v) is 11.9. The number of para-hydroxylation sites is 1. The van der Waals surface area contributed by atoms with Crippen LogP contribution in [0.5, 0.6) is 0 Å². The van der Waals surface area contributed by atoms with Crippen LogP contribution in [0.2, 0.25) is 0 Å². The molecule has 0 unspecified atom stereocenters. The summed E-state index contributed by atoms with van der Waals surface area (Å²) < 4.78 is 3.43. The van der Waals surface area contributed by atoms with Crippen LogP contribution in [0.1, 0.15) is 21.5 Å². The number of nitrogens with zero attached hydrogens (tertiary/aromatic N) is 3. The third-order valence-electron chi connectivity index (χ3n) is 3.18. The number of carboxylic acid groups (broad SMARTS) is 1. The van der Waals surface area contributed by atoms with Crippen molar-refractivity contribution in [2.24, 2.45) is 7.05 Å². The minimum absolute atomic E-state index is 0.217. The minimum atomic E-state index is -0.978. The Kier molecular flexibility index (Phi) is 3.50. The fourth-order valence-corrected chi connectivity index (χ4v) is 2.20. The van der Waals surface area contributed by atoms with Crippen LogP contribution in [0.15, 0.2) is 55.1 Å². The molecule has 108 valence electrons. The number of carboxylic acids is 1. The molecule has 0 spiro atoms. The van der Waals surface area contributed by atoms with E-state index in [1.807, 2.05) is 31.4 Å². The first-order valence-electron chi connectivity index (χ1n) is 6.65. The predicted molar refractivity (Wildman–Crippen MR) is 81.9 cm³/mol. The van der Waals surface area contributed by atoms with Gasteiger partial charge < -0.3 is 9.67 Å². The second-order valence-electron chi connectivity index (χ2n) is 4.75. The standard InChI is InChI=1S/C17H13N3O2/c1-19-12-13(11-18-19)7-8-14-5-4-6-15(17(21)22)16(14)20-9-2-3-10-20/h2-6,9-12H,1H3,(H,21,22). The molecule has 0 fully saturated rings. The van der Waals surface area contributed by atoms with E-state index in [0.717, 1.165) is 5.56 Å². The van der Waals surface area contributed by atoms with Gasteiger partial charge in [0.25, 0.3) is 0 Å². The second-order valence-corrected chi connectivity index (χ2v) is 4.75. The van der Waals surface area contributed by atoms with E-state index in [9.17, 15) is 9.90 Å². The Hall–Kier alpha value is -3.26. The molecule has 1 N–H and O–H groups in total. The van der Waals surface area contributed by atoms with E-state index in [0.29, 0.717) is 11.3 Å². The van der Waals surface area contributed by atoms with Crippen LogP contribution in [-0.4, -0.2) is 25.4 Å². The highest BCUT2D eigenvalue weighted by molar-refractivity contribution is 5.93. The summed E-state index contributed by atoms with van der Waals surface area (Å²) in [5.74, 6) is 5.07. The number of aromatic nitrogens is 3. The molecule has 2 aromatic heterocycles. The molecule has 22 heavy (non-hydrogen) atoms. The van der Waals surface area contributed by atoms with Crippen molar-refractivity contribution in [3.05, 3.63) is 71.8 Å². The van der Waals surface area contributed by atoms with E-state index < -0.39 is 5.97 Å². The van der Waals surface area contributed by atoms with Gasteiger partial charge in [-0.15, -0.1) is 0 Å². The SMILES string of the molecule is Cn1cc(C#Cc2cccc(C(=O)O)c2-n2cccc2)cn1. The van der Waals surface area contributed by atoms with Gasteiger partial charge in [0.15, 0.2) is 0 Å². The Balaban J connectivity index is 2.14. The molecule has 0 bridgehead atoms. The summed E-state index contributed by atoms with van der Waals surface area (Å²) in [5.41, 5.74) is 2.22. The molecule has 3 rings (SSSR count). The van der Waals surface area contributed by atoms with Crippen molar-refractivity contribution in [1.82, 2.24) is 14.3 Å². The molecule has 0 saturated heterocycles. The fourth-order valence-electron chi connectivity index (χ4n) is 2.20. The Morgan fingerprint density at radius 3 is 2.59 bits per heavy atom. The molecular formula is C17H13N3O2. The lowest BCUT2D eigenvalue weighted by molar-refractivity contribution is 0.0697. The third-order valence-corrected chi connectivity index (χ3v) is 3.18. The maximum absolute atomic E-state index is 11.5. The quantitative estimate of drug-likeness (QED) is 0.737. The zero-order chi connectivity index (χ0) is 15.5. The summed E-state index contributed by atoms with van der Waals surface area (Å²) in [6.45, 7) is 0. The van der Waals surface area contributed by atoms with Gasteiger partial charge in [-0.1, -0.05) is 17.9 Å². The van der Waals surface area contributed by atoms with Crippen LogP contribution in [0.3, 0.4) is 0 Å². The lowest BCUT2D eigenvalue weighted by Crippen LogP contribution is -2.06. The smallest absolute Gasteiger partial charge is 0.337 e. The van der Waals surface area contributed by atoms with Gasteiger partial charge in [0.05, 0.1) is 23.0 Å². The predicted octanol–water partition coefficient (Wildman–Crippen LogP) is 2.31. The van der Waals surface area contributed by atoms with Gasteiger partial charge >= 0.3 is 5.97 Å². The molecule has 0 aliphatic heterocycles. The Morgan fingerprint density at radius 2 is 1.95 bits per heavy atom. The van der Waals surface area contributed by atoms with Crippen LogP contribution in [0.4, 0.5) is 0 Å². The number of benzene rings is 1. The van der Waals surface area contributed by atoms with E-state index in [1.165, 1.54) is 0 Å². The maximum atomic E-state index is 11.5. The highest BCUT2D eigenvalue weighted by Crippen LogP contribution is 2.20. The number of aryl methyl sites for hydroxylation is 1. The van der Waals surface area contributed by atoms with Crippen molar-refractivity contribution in [3.8, 4) is 17.5 Å². The fraction of sp³-hybridized carbons (Fsp3) is 0.0588. The van der Waals surface area contributed by atoms with Crippen LogP contribution in [0.25, 0.3) is 5.69 Å². The summed E-state index contributed by atoms with van der Waals surface area (Å²) in [5, 5.41) is 13.5. The van der Waals surface area contributed by atoms with Crippen LogP contribution in [0, 0.1) is 11.8 Å². The molecule has 5 nitrogen and oxygen atoms in total. The zero-order valence-electron chi connectivity index (χ0n) is 11.9. The molecular weight excluding hydrogens is 278 g/mol. The molecule has 0 radical (unpaired) electrons. The molecule has 3 aromatic rings. The summed E-state index contributed by atoms with van der Waals surface area (Å²) in [7, 11) is 1.82. The summed E-state index contributed by atoms with van der Waals surface area (Å²) in [6, 6.07) is 8.77. The van der Waals surface area contributed by atoms with E-state index in [2.05, 4.69) is 16.9 Å². The van der Waals surface area contributed by atoms with Crippen molar-refractivity contribution in [2.75, 3.05) is 0 Å². The molecule has 0 atom stereocenters. The topological polar surface area (TPSA) is 60.1 Å². The Bertz CT molecular complexity index is 880. The molecule has 0 aliphatic carbocycles.